The Morgan fingerprint density at radius 2 is 2.10 bits per heavy atom. The third-order valence-electron chi connectivity index (χ3n) is 3.34. The van der Waals surface area contributed by atoms with Crippen LogP contribution >= 0.6 is 33.9 Å². The first-order chi connectivity index (χ1) is 9.72. The molecule has 0 radical (unpaired) electrons. The zero-order chi connectivity index (χ0) is 13.9. The maximum Gasteiger partial charge on any atom is 0.260 e. The highest BCUT2D eigenvalue weighted by Gasteiger charge is 2.21. The summed E-state index contributed by atoms with van der Waals surface area (Å²) in [7, 11) is 0. The molecule has 1 aromatic heterocycles. The zero-order valence-corrected chi connectivity index (χ0v) is 13.8. The quantitative estimate of drug-likeness (QED) is 0.742. The summed E-state index contributed by atoms with van der Waals surface area (Å²) in [4.78, 5) is 15.5. The Morgan fingerprint density at radius 1 is 1.30 bits per heavy atom. The van der Waals surface area contributed by atoms with Gasteiger partial charge < -0.3 is 9.64 Å². The van der Waals surface area contributed by atoms with E-state index in [1.165, 1.54) is 10.4 Å². The molecule has 3 rings (SSSR count). The van der Waals surface area contributed by atoms with E-state index < -0.39 is 0 Å². The number of hydrogen-bond acceptors (Lipinski definition) is 3. The van der Waals surface area contributed by atoms with Crippen molar-refractivity contribution in [3.05, 3.63) is 49.7 Å². The van der Waals surface area contributed by atoms with Gasteiger partial charge in [0.15, 0.2) is 6.61 Å². The fourth-order valence-electron chi connectivity index (χ4n) is 2.23. The van der Waals surface area contributed by atoms with Crippen LogP contribution in [0, 0.1) is 3.57 Å². The van der Waals surface area contributed by atoms with Gasteiger partial charge in [-0.05, 0) is 70.3 Å². The highest BCUT2D eigenvalue weighted by Crippen LogP contribution is 2.24. The maximum atomic E-state index is 12.2. The average molecular weight is 399 g/mol. The second-order valence-corrected chi connectivity index (χ2v) is 6.92. The minimum atomic E-state index is 0.0559. The van der Waals surface area contributed by atoms with E-state index in [2.05, 4.69) is 34.0 Å². The van der Waals surface area contributed by atoms with Crippen molar-refractivity contribution in [3.8, 4) is 5.75 Å². The number of halogens is 1. The van der Waals surface area contributed by atoms with Gasteiger partial charge in [0.1, 0.15) is 5.75 Å². The van der Waals surface area contributed by atoms with Crippen LogP contribution in [-0.2, 0) is 17.8 Å². The number of ether oxygens (including phenoxy) is 1. The molecule has 2 heterocycles. The first-order valence-corrected chi connectivity index (χ1v) is 8.39. The Bertz CT molecular complexity index is 609. The summed E-state index contributed by atoms with van der Waals surface area (Å²) in [6.45, 7) is 1.62. The zero-order valence-electron chi connectivity index (χ0n) is 10.8. The molecule has 0 saturated heterocycles. The van der Waals surface area contributed by atoms with Gasteiger partial charge >= 0.3 is 0 Å². The van der Waals surface area contributed by atoms with Gasteiger partial charge in [0.25, 0.3) is 5.91 Å². The predicted octanol–water partition coefficient (Wildman–Crippen LogP) is 3.32. The number of carbonyl (C=O) groups excluding carboxylic acids is 1. The lowest BCUT2D eigenvalue weighted by molar-refractivity contribution is -0.134. The lowest BCUT2D eigenvalue weighted by atomic mass is 10.1. The molecule has 1 aromatic carbocycles. The van der Waals surface area contributed by atoms with E-state index in [1.54, 1.807) is 11.3 Å². The molecule has 0 aliphatic carbocycles. The third-order valence-corrected chi connectivity index (χ3v) is 5.08. The lowest BCUT2D eigenvalue weighted by Crippen LogP contribution is -2.38. The van der Waals surface area contributed by atoms with Crippen molar-refractivity contribution in [2.24, 2.45) is 0 Å². The molecule has 2 aromatic rings. The third kappa shape index (κ3) is 3.15. The number of fused-ring (bicyclic) bond motifs is 1. The molecule has 20 heavy (non-hydrogen) atoms. The molecular weight excluding hydrogens is 385 g/mol. The van der Waals surface area contributed by atoms with Gasteiger partial charge in [-0.2, -0.15) is 0 Å². The molecule has 3 nitrogen and oxygen atoms in total. The van der Waals surface area contributed by atoms with E-state index >= 15 is 0 Å². The Labute approximate surface area is 135 Å². The van der Waals surface area contributed by atoms with Crippen molar-refractivity contribution in [1.82, 2.24) is 4.90 Å². The highest BCUT2D eigenvalue weighted by atomic mass is 127. The Hall–Kier alpha value is -1.08. The van der Waals surface area contributed by atoms with E-state index in [0.717, 1.165) is 22.3 Å². The van der Waals surface area contributed by atoms with Gasteiger partial charge in [-0.1, -0.05) is 0 Å². The molecule has 0 fully saturated rings. The van der Waals surface area contributed by atoms with Gasteiger partial charge in [-0.25, -0.2) is 0 Å². The van der Waals surface area contributed by atoms with E-state index in [-0.39, 0.29) is 12.5 Å². The summed E-state index contributed by atoms with van der Waals surface area (Å²) >= 11 is 4.02. The molecule has 1 aliphatic rings. The van der Waals surface area contributed by atoms with Crippen molar-refractivity contribution in [2.45, 2.75) is 13.0 Å². The fourth-order valence-corrected chi connectivity index (χ4v) is 3.48. The van der Waals surface area contributed by atoms with Crippen LogP contribution < -0.4 is 4.74 Å². The van der Waals surface area contributed by atoms with Gasteiger partial charge in [0, 0.05) is 21.5 Å². The Kier molecular flexibility index (Phi) is 4.26. The highest BCUT2D eigenvalue weighted by molar-refractivity contribution is 14.1. The molecule has 104 valence electrons. The van der Waals surface area contributed by atoms with Crippen LogP contribution in [0.4, 0.5) is 0 Å². The van der Waals surface area contributed by atoms with Crippen LogP contribution in [0.3, 0.4) is 0 Å². The summed E-state index contributed by atoms with van der Waals surface area (Å²) in [5.41, 5.74) is 1.28. The summed E-state index contributed by atoms with van der Waals surface area (Å²) in [6, 6.07) is 9.84. The second kappa shape index (κ2) is 6.13. The summed E-state index contributed by atoms with van der Waals surface area (Å²) in [5, 5.41) is 2.10. The standard InChI is InChI=1S/C15H14INO2S/c16-12-1-3-13(4-2-12)19-10-15(18)17-7-5-14-11(9-17)6-8-20-14/h1-4,6,8H,5,7,9-10H2. The smallest absolute Gasteiger partial charge is 0.260 e. The maximum absolute atomic E-state index is 12.2. The van der Waals surface area contributed by atoms with Crippen LogP contribution in [-0.4, -0.2) is 24.0 Å². The Morgan fingerprint density at radius 3 is 2.90 bits per heavy atom. The first kappa shape index (κ1) is 13.9. The van der Waals surface area contributed by atoms with Crippen molar-refractivity contribution in [1.29, 1.82) is 0 Å². The molecule has 0 unspecified atom stereocenters. The van der Waals surface area contributed by atoms with E-state index in [0.29, 0.717) is 6.54 Å². The Balaban J connectivity index is 1.56. The number of carbonyl (C=O) groups is 1. The SMILES string of the molecule is O=C(COc1ccc(I)cc1)N1CCc2sccc2C1. The molecule has 0 atom stereocenters. The van der Waals surface area contributed by atoms with Gasteiger partial charge in [0.2, 0.25) is 0 Å². The summed E-state index contributed by atoms with van der Waals surface area (Å²) in [6.07, 6.45) is 0.961. The molecule has 0 spiro atoms. The van der Waals surface area contributed by atoms with Crippen molar-refractivity contribution < 1.29 is 9.53 Å². The molecule has 0 saturated carbocycles. The first-order valence-electron chi connectivity index (χ1n) is 6.44. The summed E-state index contributed by atoms with van der Waals surface area (Å²) < 4.78 is 6.71. The molecular formula is C15H14INO2S. The van der Waals surface area contributed by atoms with Crippen LogP contribution in [0.25, 0.3) is 0 Å². The summed E-state index contributed by atoms with van der Waals surface area (Å²) in [5.74, 6) is 0.799. The number of hydrogen-bond donors (Lipinski definition) is 0. The minimum Gasteiger partial charge on any atom is -0.484 e. The minimum absolute atomic E-state index is 0.0559. The van der Waals surface area contributed by atoms with Crippen molar-refractivity contribution in [2.75, 3.05) is 13.2 Å². The number of thiophene rings is 1. The largest absolute Gasteiger partial charge is 0.484 e. The molecule has 1 aliphatic heterocycles. The molecule has 1 amide bonds. The van der Waals surface area contributed by atoms with Crippen molar-refractivity contribution >= 4 is 39.8 Å². The molecule has 0 N–H and O–H groups in total. The topological polar surface area (TPSA) is 29.5 Å². The number of benzene rings is 1. The van der Waals surface area contributed by atoms with Gasteiger partial charge in [0.05, 0.1) is 0 Å². The van der Waals surface area contributed by atoms with Crippen LogP contribution in [0.5, 0.6) is 5.75 Å². The van der Waals surface area contributed by atoms with E-state index in [9.17, 15) is 4.79 Å². The average Bonchev–Trinajstić information content (AvgIpc) is 2.93. The monoisotopic (exact) mass is 399 g/mol. The molecule has 0 bridgehead atoms. The van der Waals surface area contributed by atoms with Crippen LogP contribution in [0.1, 0.15) is 10.4 Å². The second-order valence-electron chi connectivity index (χ2n) is 4.68. The predicted molar refractivity (Wildman–Crippen MR) is 88.1 cm³/mol. The van der Waals surface area contributed by atoms with Crippen LogP contribution in [0.15, 0.2) is 35.7 Å². The van der Waals surface area contributed by atoms with Gasteiger partial charge in [-0.3, -0.25) is 4.79 Å². The lowest BCUT2D eigenvalue weighted by Gasteiger charge is -2.26. The fraction of sp³-hybridized carbons (Fsp3) is 0.267. The number of amides is 1. The van der Waals surface area contributed by atoms with E-state index in [1.807, 2.05) is 29.2 Å². The molecule has 5 heteroatoms. The number of nitrogens with zero attached hydrogens (tertiary/aromatic N) is 1. The van der Waals surface area contributed by atoms with E-state index in [4.69, 9.17) is 4.74 Å². The van der Waals surface area contributed by atoms with Gasteiger partial charge in [-0.15, -0.1) is 11.3 Å². The number of rotatable bonds is 3. The van der Waals surface area contributed by atoms with Crippen molar-refractivity contribution in [3.63, 3.8) is 0 Å². The normalized spacial score (nSPS) is 13.9. The van der Waals surface area contributed by atoms with Crippen LogP contribution in [0.2, 0.25) is 0 Å².